The Kier molecular flexibility index (Phi) is 4.86. The molecule has 0 unspecified atom stereocenters. The summed E-state index contributed by atoms with van der Waals surface area (Å²) >= 11 is 0. The predicted molar refractivity (Wildman–Crippen MR) is 114 cm³/mol. The summed E-state index contributed by atoms with van der Waals surface area (Å²) in [5.74, 6) is 0.180. The minimum absolute atomic E-state index is 0.00205. The van der Waals surface area contributed by atoms with Gasteiger partial charge in [-0.2, -0.15) is 4.98 Å². The second-order valence-corrected chi connectivity index (χ2v) is 10.3. The van der Waals surface area contributed by atoms with Crippen LogP contribution in [-0.2, 0) is 21.1 Å². The lowest BCUT2D eigenvalue weighted by molar-refractivity contribution is 0.00578. The number of hydrogen-bond donors (Lipinski definition) is 1. The first-order chi connectivity index (χ1) is 13.9. The van der Waals surface area contributed by atoms with E-state index in [1.54, 1.807) is 0 Å². The number of carbonyl (C=O) groups excluding carboxylic acids is 1. The fraction of sp³-hybridized carbons (Fsp3) is 0.591. The van der Waals surface area contributed by atoms with Crippen LogP contribution in [0.3, 0.4) is 0 Å². The Morgan fingerprint density at radius 1 is 1.17 bits per heavy atom. The molecule has 0 spiro atoms. The minimum Gasteiger partial charge on any atom is -0.399 e. The molecule has 7 nitrogen and oxygen atoms in total. The van der Waals surface area contributed by atoms with Gasteiger partial charge in [-0.25, -0.2) is 0 Å². The van der Waals surface area contributed by atoms with Crippen molar-refractivity contribution < 1.29 is 18.6 Å². The number of hydrogen-bond acceptors (Lipinski definition) is 6. The van der Waals surface area contributed by atoms with Crippen LogP contribution in [0.2, 0.25) is 0 Å². The van der Waals surface area contributed by atoms with Gasteiger partial charge >= 0.3 is 18.9 Å². The SMILES string of the molecule is CC(C)(C)c1noc(C(=O)N[C@@H]2CCc3cc(B4OC(C)(C)C(C)(C)O4)ccc32)n1. The van der Waals surface area contributed by atoms with Crippen molar-refractivity contribution in [1.29, 1.82) is 0 Å². The predicted octanol–water partition coefficient (Wildman–Crippen LogP) is 3.08. The average molecular weight is 411 g/mol. The van der Waals surface area contributed by atoms with Crippen LogP contribution in [0.1, 0.15) is 88.6 Å². The molecule has 1 amide bonds. The quantitative estimate of drug-likeness (QED) is 0.782. The number of amides is 1. The number of aryl methyl sites for hydroxylation is 1. The van der Waals surface area contributed by atoms with Crippen LogP contribution in [-0.4, -0.2) is 34.4 Å². The molecule has 0 radical (unpaired) electrons. The van der Waals surface area contributed by atoms with Gasteiger partial charge in [0.05, 0.1) is 17.2 Å². The van der Waals surface area contributed by atoms with Gasteiger partial charge in [0.15, 0.2) is 5.82 Å². The Balaban J connectivity index is 1.48. The zero-order chi connectivity index (χ0) is 21.9. The summed E-state index contributed by atoms with van der Waals surface area (Å²) in [6.45, 7) is 14.1. The molecule has 1 aliphatic carbocycles. The van der Waals surface area contributed by atoms with Gasteiger partial charge < -0.3 is 19.1 Å². The molecule has 8 heteroatoms. The van der Waals surface area contributed by atoms with Crippen LogP contribution >= 0.6 is 0 Å². The lowest BCUT2D eigenvalue weighted by atomic mass is 9.78. The highest BCUT2D eigenvalue weighted by Crippen LogP contribution is 2.37. The third kappa shape index (κ3) is 3.67. The van der Waals surface area contributed by atoms with Crippen LogP contribution < -0.4 is 10.8 Å². The van der Waals surface area contributed by atoms with E-state index in [1.807, 2.05) is 26.8 Å². The largest absolute Gasteiger partial charge is 0.494 e. The molecule has 2 aromatic rings. The Labute approximate surface area is 178 Å². The van der Waals surface area contributed by atoms with E-state index < -0.39 is 0 Å². The smallest absolute Gasteiger partial charge is 0.399 e. The highest BCUT2D eigenvalue weighted by atomic mass is 16.7. The first-order valence-corrected chi connectivity index (χ1v) is 10.5. The minimum atomic E-state index is -0.386. The van der Waals surface area contributed by atoms with Crippen molar-refractivity contribution >= 4 is 18.5 Å². The highest BCUT2D eigenvalue weighted by Gasteiger charge is 2.51. The maximum atomic E-state index is 12.6. The lowest BCUT2D eigenvalue weighted by Crippen LogP contribution is -2.41. The summed E-state index contributed by atoms with van der Waals surface area (Å²) < 4.78 is 17.5. The monoisotopic (exact) mass is 411 g/mol. The summed E-state index contributed by atoms with van der Waals surface area (Å²) in [6.07, 6.45) is 1.71. The van der Waals surface area contributed by atoms with E-state index in [1.165, 1.54) is 5.56 Å². The van der Waals surface area contributed by atoms with Crippen molar-refractivity contribution in [3.8, 4) is 0 Å². The molecule has 1 saturated heterocycles. The summed E-state index contributed by atoms with van der Waals surface area (Å²) in [7, 11) is -0.386. The molecule has 1 aliphatic heterocycles. The second-order valence-electron chi connectivity index (χ2n) is 10.3. The maximum Gasteiger partial charge on any atom is 0.494 e. The number of benzene rings is 1. The van der Waals surface area contributed by atoms with Crippen LogP contribution in [0.25, 0.3) is 0 Å². The molecule has 4 rings (SSSR count). The van der Waals surface area contributed by atoms with Crippen molar-refractivity contribution in [2.75, 3.05) is 0 Å². The summed E-state index contributed by atoms with van der Waals surface area (Å²) in [5, 5.41) is 6.97. The van der Waals surface area contributed by atoms with E-state index in [-0.39, 0.29) is 41.6 Å². The van der Waals surface area contributed by atoms with Crippen molar-refractivity contribution in [1.82, 2.24) is 15.5 Å². The van der Waals surface area contributed by atoms with Crippen LogP contribution in [0, 0.1) is 0 Å². The molecule has 2 heterocycles. The molecule has 1 aromatic heterocycles. The van der Waals surface area contributed by atoms with E-state index in [9.17, 15) is 4.79 Å². The molecule has 2 aliphatic rings. The van der Waals surface area contributed by atoms with Gasteiger partial charge in [-0.05, 0) is 57.1 Å². The number of rotatable bonds is 3. The Morgan fingerprint density at radius 3 is 2.43 bits per heavy atom. The normalized spacial score (nSPS) is 22.2. The molecule has 160 valence electrons. The first kappa shape index (κ1) is 21.1. The maximum absolute atomic E-state index is 12.6. The van der Waals surface area contributed by atoms with Gasteiger partial charge in [-0.3, -0.25) is 4.79 Å². The number of aromatic nitrogens is 2. The second kappa shape index (κ2) is 6.92. The number of nitrogens with zero attached hydrogens (tertiary/aromatic N) is 2. The number of fused-ring (bicyclic) bond motifs is 1. The molecule has 0 saturated carbocycles. The molecule has 1 N–H and O–H groups in total. The molecular weight excluding hydrogens is 381 g/mol. The van der Waals surface area contributed by atoms with Gasteiger partial charge in [0.1, 0.15) is 0 Å². The fourth-order valence-electron chi connectivity index (χ4n) is 3.75. The van der Waals surface area contributed by atoms with Crippen molar-refractivity contribution in [3.63, 3.8) is 0 Å². The van der Waals surface area contributed by atoms with Gasteiger partial charge in [0, 0.05) is 5.41 Å². The van der Waals surface area contributed by atoms with Gasteiger partial charge in [-0.15, -0.1) is 0 Å². The number of nitrogens with one attached hydrogen (secondary N) is 1. The van der Waals surface area contributed by atoms with E-state index in [0.717, 1.165) is 23.9 Å². The Hall–Kier alpha value is -2.19. The molecule has 1 aromatic carbocycles. The van der Waals surface area contributed by atoms with Gasteiger partial charge in [0.2, 0.25) is 0 Å². The van der Waals surface area contributed by atoms with Gasteiger partial charge in [0.25, 0.3) is 0 Å². The van der Waals surface area contributed by atoms with Crippen molar-refractivity contribution in [3.05, 3.63) is 41.0 Å². The molecule has 1 atom stereocenters. The third-order valence-electron chi connectivity index (χ3n) is 6.37. The molecule has 0 bridgehead atoms. The molecule has 30 heavy (non-hydrogen) atoms. The summed E-state index contributed by atoms with van der Waals surface area (Å²) in [5.41, 5.74) is 2.30. The van der Waals surface area contributed by atoms with E-state index in [2.05, 4.69) is 55.3 Å². The van der Waals surface area contributed by atoms with Crippen molar-refractivity contribution in [2.24, 2.45) is 0 Å². The average Bonchev–Trinajstić information content (AvgIpc) is 3.31. The lowest BCUT2D eigenvalue weighted by Gasteiger charge is -2.32. The first-order valence-electron chi connectivity index (χ1n) is 10.5. The Bertz CT molecular complexity index is 961. The van der Waals surface area contributed by atoms with E-state index in [0.29, 0.717) is 5.82 Å². The van der Waals surface area contributed by atoms with E-state index in [4.69, 9.17) is 13.8 Å². The summed E-state index contributed by atoms with van der Waals surface area (Å²) in [4.78, 5) is 16.9. The van der Waals surface area contributed by atoms with E-state index >= 15 is 0 Å². The zero-order valence-corrected chi connectivity index (χ0v) is 18.8. The van der Waals surface area contributed by atoms with Crippen LogP contribution in [0.15, 0.2) is 22.7 Å². The standard InChI is InChI=1S/C22H30BN3O4/c1-20(2,3)19-25-18(28-26-19)17(27)24-16-11-8-13-12-14(9-10-15(13)16)23-29-21(4,5)22(6,7)30-23/h9-10,12,16H,8,11H2,1-7H3,(H,24,27)/t16-/m1/s1. The molecule has 1 fully saturated rings. The highest BCUT2D eigenvalue weighted by molar-refractivity contribution is 6.62. The van der Waals surface area contributed by atoms with Gasteiger partial charge in [-0.1, -0.05) is 44.1 Å². The van der Waals surface area contributed by atoms with Crippen LogP contribution in [0.4, 0.5) is 0 Å². The van der Waals surface area contributed by atoms with Crippen LogP contribution in [0.5, 0.6) is 0 Å². The summed E-state index contributed by atoms with van der Waals surface area (Å²) in [6, 6.07) is 6.14. The topological polar surface area (TPSA) is 86.5 Å². The molecular formula is C22H30BN3O4. The fourth-order valence-corrected chi connectivity index (χ4v) is 3.75. The third-order valence-corrected chi connectivity index (χ3v) is 6.37. The van der Waals surface area contributed by atoms with Crippen molar-refractivity contribution in [2.45, 2.75) is 84.0 Å². The number of carbonyl (C=O) groups is 1. The zero-order valence-electron chi connectivity index (χ0n) is 18.8. The Morgan fingerprint density at radius 2 is 1.83 bits per heavy atom.